The summed E-state index contributed by atoms with van der Waals surface area (Å²) in [5.41, 5.74) is 3.82. The van der Waals surface area contributed by atoms with Gasteiger partial charge in [0.25, 0.3) is 0 Å². The molecule has 3 nitrogen and oxygen atoms in total. The number of hydrogen-bond donors (Lipinski definition) is 0. The number of pyridine rings is 3. The molecule has 3 heteroatoms. The van der Waals surface area contributed by atoms with E-state index in [1.807, 2.05) is 42.7 Å². The molecule has 102 valence electrons. The van der Waals surface area contributed by atoms with Crippen molar-refractivity contribution in [1.82, 2.24) is 15.0 Å². The van der Waals surface area contributed by atoms with Gasteiger partial charge in [0.1, 0.15) is 0 Å². The maximum absolute atomic E-state index is 4.87. The fourth-order valence-corrected chi connectivity index (χ4v) is 3.12. The van der Waals surface area contributed by atoms with Crippen molar-refractivity contribution >= 4 is 43.6 Å². The molecule has 22 heavy (non-hydrogen) atoms. The highest BCUT2D eigenvalue weighted by molar-refractivity contribution is 6.23. The van der Waals surface area contributed by atoms with Crippen molar-refractivity contribution in [3.8, 4) is 0 Å². The Morgan fingerprint density at radius 3 is 2.27 bits per heavy atom. The maximum atomic E-state index is 4.87. The topological polar surface area (TPSA) is 38.7 Å². The molecular weight excluding hydrogens is 270 g/mol. The molecule has 0 radical (unpaired) electrons. The summed E-state index contributed by atoms with van der Waals surface area (Å²) in [5.74, 6) is 0. The van der Waals surface area contributed by atoms with Crippen LogP contribution in [-0.4, -0.2) is 15.0 Å². The van der Waals surface area contributed by atoms with Gasteiger partial charge in [-0.2, -0.15) is 0 Å². The fourth-order valence-electron chi connectivity index (χ4n) is 3.12. The lowest BCUT2D eigenvalue weighted by Crippen LogP contribution is -1.90. The third-order valence-electron chi connectivity index (χ3n) is 4.11. The molecule has 0 saturated carbocycles. The molecule has 0 amide bonds. The molecule has 0 aliphatic rings. The molecule has 0 aliphatic carbocycles. The molecule has 0 N–H and O–H groups in total. The normalized spacial score (nSPS) is 11.6. The van der Waals surface area contributed by atoms with Crippen LogP contribution in [0, 0.1) is 0 Å². The first-order valence-corrected chi connectivity index (χ1v) is 7.23. The Labute approximate surface area is 126 Å². The Bertz CT molecular complexity index is 1080. The van der Waals surface area contributed by atoms with Gasteiger partial charge in [-0.1, -0.05) is 24.3 Å². The summed E-state index contributed by atoms with van der Waals surface area (Å²) in [7, 11) is 0. The van der Waals surface area contributed by atoms with E-state index in [0.717, 1.165) is 43.6 Å². The number of fused-ring (bicyclic) bond motifs is 7. The minimum absolute atomic E-state index is 0.912. The Hall–Kier alpha value is -3.07. The highest BCUT2D eigenvalue weighted by Crippen LogP contribution is 2.33. The molecule has 0 spiro atoms. The molecule has 3 heterocycles. The van der Waals surface area contributed by atoms with Crippen LogP contribution >= 0.6 is 0 Å². The van der Waals surface area contributed by atoms with Crippen LogP contribution < -0.4 is 0 Å². The minimum atomic E-state index is 0.912. The summed E-state index contributed by atoms with van der Waals surface area (Å²) >= 11 is 0. The Morgan fingerprint density at radius 1 is 0.591 bits per heavy atom. The first-order chi connectivity index (χ1) is 10.9. The molecule has 0 saturated heterocycles. The number of benzene rings is 2. The molecule has 5 aromatic rings. The second-order valence-electron chi connectivity index (χ2n) is 5.38. The summed E-state index contributed by atoms with van der Waals surface area (Å²) in [4.78, 5) is 14.0. The average molecular weight is 281 g/mol. The number of para-hydroxylation sites is 1. The largest absolute Gasteiger partial charge is 0.256 e. The van der Waals surface area contributed by atoms with Crippen molar-refractivity contribution in [2.45, 2.75) is 0 Å². The lowest BCUT2D eigenvalue weighted by Gasteiger charge is -2.09. The smallest absolute Gasteiger partial charge is 0.0986 e. The van der Waals surface area contributed by atoms with Crippen molar-refractivity contribution < 1.29 is 0 Å². The molecule has 0 aliphatic heterocycles. The maximum Gasteiger partial charge on any atom is 0.0986 e. The molecule has 0 atom stereocenters. The summed E-state index contributed by atoms with van der Waals surface area (Å²) in [6, 6.07) is 18.5. The van der Waals surface area contributed by atoms with Crippen molar-refractivity contribution in [2.75, 3.05) is 0 Å². The van der Waals surface area contributed by atoms with Gasteiger partial charge >= 0.3 is 0 Å². The van der Waals surface area contributed by atoms with E-state index in [4.69, 9.17) is 4.98 Å². The van der Waals surface area contributed by atoms with Gasteiger partial charge < -0.3 is 0 Å². The van der Waals surface area contributed by atoms with E-state index in [2.05, 4.69) is 34.2 Å². The summed E-state index contributed by atoms with van der Waals surface area (Å²) in [5, 5.41) is 4.41. The highest BCUT2D eigenvalue weighted by atomic mass is 14.8. The number of nitrogens with zero attached hydrogens (tertiary/aromatic N) is 3. The number of rotatable bonds is 0. The Morgan fingerprint density at radius 2 is 1.36 bits per heavy atom. The zero-order valence-electron chi connectivity index (χ0n) is 11.7. The van der Waals surface area contributed by atoms with Gasteiger partial charge in [-0.25, -0.2) is 4.98 Å². The minimum Gasteiger partial charge on any atom is -0.256 e. The lowest BCUT2D eigenvalue weighted by molar-refractivity contribution is 1.39. The monoisotopic (exact) mass is 281 g/mol. The fraction of sp³-hybridized carbons (Fsp3) is 0. The summed E-state index contributed by atoms with van der Waals surface area (Å²) in [6.07, 6.45) is 3.64. The standard InChI is InChI=1S/C19H11N3/c1-2-8-16-12(5-1)11-15-13-6-3-9-20-17(13)14-7-4-10-21-18(14)19(15)22-16/h1-11H. The van der Waals surface area contributed by atoms with Crippen molar-refractivity contribution in [1.29, 1.82) is 0 Å². The van der Waals surface area contributed by atoms with E-state index in [1.54, 1.807) is 0 Å². The van der Waals surface area contributed by atoms with Crippen LogP contribution in [0.1, 0.15) is 0 Å². The third kappa shape index (κ3) is 1.48. The first kappa shape index (κ1) is 11.6. The SMILES string of the molecule is c1ccc2nc3c(cc2c1)c1cccnc1c1cccnc13. The predicted molar refractivity (Wildman–Crippen MR) is 89.9 cm³/mol. The van der Waals surface area contributed by atoms with Crippen molar-refractivity contribution in [3.63, 3.8) is 0 Å². The van der Waals surface area contributed by atoms with Gasteiger partial charge in [0, 0.05) is 33.9 Å². The highest BCUT2D eigenvalue weighted by Gasteiger charge is 2.11. The van der Waals surface area contributed by atoms with Crippen LogP contribution in [0.4, 0.5) is 0 Å². The van der Waals surface area contributed by atoms with Crippen LogP contribution in [0.5, 0.6) is 0 Å². The van der Waals surface area contributed by atoms with Crippen molar-refractivity contribution in [2.24, 2.45) is 0 Å². The second-order valence-corrected chi connectivity index (χ2v) is 5.38. The van der Waals surface area contributed by atoms with Gasteiger partial charge in [0.15, 0.2) is 0 Å². The summed E-state index contributed by atoms with van der Waals surface area (Å²) in [6.45, 7) is 0. The van der Waals surface area contributed by atoms with Crippen LogP contribution in [0.3, 0.4) is 0 Å². The molecule has 0 bridgehead atoms. The molecule has 5 rings (SSSR count). The third-order valence-corrected chi connectivity index (χ3v) is 4.11. The molecule has 3 aromatic heterocycles. The van der Waals surface area contributed by atoms with Gasteiger partial charge in [-0.15, -0.1) is 0 Å². The van der Waals surface area contributed by atoms with Gasteiger partial charge in [0.2, 0.25) is 0 Å². The zero-order valence-corrected chi connectivity index (χ0v) is 11.7. The molecule has 2 aromatic carbocycles. The van der Waals surface area contributed by atoms with E-state index >= 15 is 0 Å². The van der Waals surface area contributed by atoms with E-state index in [-0.39, 0.29) is 0 Å². The Balaban J connectivity index is 2.17. The number of hydrogen-bond acceptors (Lipinski definition) is 3. The second kappa shape index (κ2) is 4.21. The average Bonchev–Trinajstić information content (AvgIpc) is 2.61. The Kier molecular flexibility index (Phi) is 2.22. The zero-order chi connectivity index (χ0) is 14.5. The molecule has 0 unspecified atom stereocenters. The molecular formula is C19H11N3. The van der Waals surface area contributed by atoms with E-state index in [9.17, 15) is 0 Å². The molecule has 0 fully saturated rings. The van der Waals surface area contributed by atoms with E-state index < -0.39 is 0 Å². The quantitative estimate of drug-likeness (QED) is 0.310. The van der Waals surface area contributed by atoms with Crippen molar-refractivity contribution in [3.05, 3.63) is 67.0 Å². The first-order valence-electron chi connectivity index (χ1n) is 7.23. The summed E-state index contributed by atoms with van der Waals surface area (Å²) < 4.78 is 0. The lowest BCUT2D eigenvalue weighted by atomic mass is 10.0. The van der Waals surface area contributed by atoms with Gasteiger partial charge in [-0.3, -0.25) is 9.97 Å². The predicted octanol–water partition coefficient (Wildman–Crippen LogP) is 4.48. The van der Waals surface area contributed by atoms with E-state index in [1.165, 1.54) is 0 Å². The van der Waals surface area contributed by atoms with Crippen LogP contribution in [-0.2, 0) is 0 Å². The van der Waals surface area contributed by atoms with Gasteiger partial charge in [-0.05, 0) is 30.3 Å². The van der Waals surface area contributed by atoms with Crippen LogP contribution in [0.15, 0.2) is 67.0 Å². The number of aromatic nitrogens is 3. The van der Waals surface area contributed by atoms with E-state index in [0.29, 0.717) is 0 Å². The van der Waals surface area contributed by atoms with Crippen LogP contribution in [0.2, 0.25) is 0 Å². The van der Waals surface area contributed by atoms with Crippen LogP contribution in [0.25, 0.3) is 43.6 Å². The van der Waals surface area contributed by atoms with Gasteiger partial charge in [0.05, 0.1) is 22.1 Å².